The molecule has 1 amide bonds. The van der Waals surface area contributed by atoms with Crippen LogP contribution in [-0.2, 0) is 0 Å². The van der Waals surface area contributed by atoms with Crippen molar-refractivity contribution in [2.45, 2.75) is 30.8 Å². The van der Waals surface area contributed by atoms with Crippen LogP contribution in [0.15, 0.2) is 60.7 Å². The number of β-amino-alcohol motifs (C(OH)–C–C–N with tert-alkyl or cyclic N) is 1. The van der Waals surface area contributed by atoms with E-state index in [1.54, 1.807) is 4.90 Å². The summed E-state index contributed by atoms with van der Waals surface area (Å²) in [6, 6.07) is 19.8. The van der Waals surface area contributed by atoms with Crippen molar-refractivity contribution in [3.63, 3.8) is 0 Å². The summed E-state index contributed by atoms with van der Waals surface area (Å²) in [7, 11) is 0. The molecular weight excluding hydrogens is 388 g/mol. The maximum atomic E-state index is 13.7. The quantitative estimate of drug-likeness (QED) is 0.687. The standard InChI is InChI=1S/C26H26N2O3/c29-14-20-24(17-6-2-1-3-7-17)26(20)15-28(13-23(26)30)25(31)19-12-22(16-10-11-16)27-21-9-5-4-8-18(19)21/h1-9,12,16,20,23-24,29-30H,10-11,13-15H2/t20-,23-,24-,26-/m1/s1. The minimum Gasteiger partial charge on any atom is -0.396 e. The Morgan fingerprint density at radius 2 is 1.84 bits per heavy atom. The van der Waals surface area contributed by atoms with Crippen LogP contribution in [0.5, 0.6) is 0 Å². The summed E-state index contributed by atoms with van der Waals surface area (Å²) in [4.78, 5) is 20.3. The van der Waals surface area contributed by atoms with E-state index in [4.69, 9.17) is 4.98 Å². The summed E-state index contributed by atoms with van der Waals surface area (Å²) in [5, 5.41) is 22.0. The van der Waals surface area contributed by atoms with Crippen molar-refractivity contribution in [3.05, 3.63) is 77.5 Å². The van der Waals surface area contributed by atoms with Crippen LogP contribution in [-0.4, -0.2) is 51.8 Å². The van der Waals surface area contributed by atoms with Crippen LogP contribution in [0.1, 0.15) is 46.3 Å². The van der Waals surface area contributed by atoms with Crippen molar-refractivity contribution in [2.75, 3.05) is 19.7 Å². The van der Waals surface area contributed by atoms with Gasteiger partial charge in [-0.05, 0) is 42.4 Å². The molecule has 5 heteroatoms. The van der Waals surface area contributed by atoms with Gasteiger partial charge in [0.1, 0.15) is 0 Å². The number of aliphatic hydroxyl groups excluding tert-OH is 2. The van der Waals surface area contributed by atoms with Gasteiger partial charge in [0.15, 0.2) is 0 Å². The number of benzene rings is 2. The lowest BCUT2D eigenvalue weighted by Gasteiger charge is -2.18. The van der Waals surface area contributed by atoms with Crippen molar-refractivity contribution >= 4 is 16.8 Å². The van der Waals surface area contributed by atoms with E-state index in [0.717, 1.165) is 35.0 Å². The molecule has 31 heavy (non-hydrogen) atoms. The van der Waals surface area contributed by atoms with Crippen LogP contribution in [0, 0.1) is 11.3 Å². The number of aromatic nitrogens is 1. The van der Waals surface area contributed by atoms with Crippen molar-refractivity contribution in [1.82, 2.24) is 9.88 Å². The van der Waals surface area contributed by atoms with Gasteiger partial charge >= 0.3 is 0 Å². The van der Waals surface area contributed by atoms with Crippen LogP contribution in [0.3, 0.4) is 0 Å². The highest BCUT2D eigenvalue weighted by Gasteiger charge is 2.71. The lowest BCUT2D eigenvalue weighted by Crippen LogP contribution is -2.30. The molecule has 0 radical (unpaired) electrons. The number of para-hydroxylation sites is 1. The highest BCUT2D eigenvalue weighted by atomic mass is 16.3. The van der Waals surface area contributed by atoms with Gasteiger partial charge in [-0.25, -0.2) is 0 Å². The van der Waals surface area contributed by atoms with Crippen LogP contribution in [0.25, 0.3) is 10.9 Å². The predicted molar refractivity (Wildman–Crippen MR) is 118 cm³/mol. The van der Waals surface area contributed by atoms with E-state index in [1.807, 2.05) is 48.5 Å². The third-order valence-electron chi connectivity index (χ3n) is 7.65. The molecular formula is C26H26N2O3. The van der Waals surface area contributed by atoms with Crippen molar-refractivity contribution in [2.24, 2.45) is 11.3 Å². The van der Waals surface area contributed by atoms with Gasteiger partial charge in [0.05, 0.1) is 17.2 Å². The number of fused-ring (bicyclic) bond motifs is 1. The number of hydrogen-bond acceptors (Lipinski definition) is 4. The second-order valence-corrected chi connectivity index (χ2v) is 9.38. The lowest BCUT2D eigenvalue weighted by atomic mass is 9.95. The van der Waals surface area contributed by atoms with Crippen LogP contribution in [0.4, 0.5) is 0 Å². The van der Waals surface area contributed by atoms with Crippen molar-refractivity contribution in [1.29, 1.82) is 0 Å². The first-order chi connectivity index (χ1) is 15.1. The summed E-state index contributed by atoms with van der Waals surface area (Å²) >= 11 is 0. The van der Waals surface area contributed by atoms with E-state index in [9.17, 15) is 15.0 Å². The van der Waals surface area contributed by atoms with E-state index in [0.29, 0.717) is 24.6 Å². The Kier molecular flexibility index (Phi) is 4.20. The molecule has 5 nitrogen and oxygen atoms in total. The van der Waals surface area contributed by atoms with E-state index in [-0.39, 0.29) is 24.3 Å². The molecule has 2 heterocycles. The average molecular weight is 415 g/mol. The number of aliphatic hydroxyl groups is 2. The highest BCUT2D eigenvalue weighted by Crippen LogP contribution is 2.68. The van der Waals surface area contributed by atoms with Gasteiger partial charge in [0.2, 0.25) is 0 Å². The van der Waals surface area contributed by atoms with Gasteiger partial charge in [-0.15, -0.1) is 0 Å². The topological polar surface area (TPSA) is 73.7 Å². The normalized spacial score (nSPS) is 29.6. The third-order valence-corrected chi connectivity index (χ3v) is 7.65. The van der Waals surface area contributed by atoms with E-state index >= 15 is 0 Å². The maximum Gasteiger partial charge on any atom is 0.254 e. The Morgan fingerprint density at radius 1 is 1.10 bits per heavy atom. The lowest BCUT2D eigenvalue weighted by molar-refractivity contribution is 0.0765. The largest absolute Gasteiger partial charge is 0.396 e. The van der Waals surface area contributed by atoms with E-state index < -0.39 is 11.5 Å². The number of nitrogens with zero attached hydrogens (tertiary/aromatic N) is 2. The van der Waals surface area contributed by atoms with Gasteiger partial charge in [-0.2, -0.15) is 0 Å². The number of rotatable bonds is 4. The Balaban J connectivity index is 1.35. The number of likely N-dealkylation sites (tertiary alicyclic amines) is 1. The van der Waals surface area contributed by atoms with Gasteiger partial charge in [0.25, 0.3) is 5.91 Å². The molecule has 2 aliphatic carbocycles. The van der Waals surface area contributed by atoms with Gasteiger partial charge < -0.3 is 15.1 Å². The summed E-state index contributed by atoms with van der Waals surface area (Å²) in [5.41, 5.74) is 3.19. The van der Waals surface area contributed by atoms with Crippen LogP contribution < -0.4 is 0 Å². The van der Waals surface area contributed by atoms with Gasteiger partial charge in [0, 0.05) is 42.1 Å². The SMILES string of the molecule is O=C(c1cc(C2CC2)nc2ccccc12)N1C[C@@H](O)[C@@]2(C1)[C@H](CO)[C@H]2c1ccccc1. The zero-order valence-electron chi connectivity index (χ0n) is 17.3. The molecule has 1 saturated heterocycles. The fourth-order valence-electron chi connectivity index (χ4n) is 5.85. The second kappa shape index (κ2) is 6.87. The molecule has 1 aliphatic heterocycles. The van der Waals surface area contributed by atoms with Crippen molar-refractivity contribution < 1.29 is 15.0 Å². The smallest absolute Gasteiger partial charge is 0.254 e. The Morgan fingerprint density at radius 3 is 2.58 bits per heavy atom. The first kappa shape index (κ1) is 19.0. The molecule has 158 valence electrons. The molecule has 0 unspecified atom stereocenters. The Bertz CT molecular complexity index is 1160. The molecule has 2 saturated carbocycles. The fraction of sp³-hybridized carbons (Fsp3) is 0.385. The Labute approximate surface area is 181 Å². The van der Waals surface area contributed by atoms with Crippen LogP contribution in [0.2, 0.25) is 0 Å². The molecule has 1 spiro atoms. The first-order valence-corrected chi connectivity index (χ1v) is 11.2. The molecule has 2 N–H and O–H groups in total. The summed E-state index contributed by atoms with van der Waals surface area (Å²) < 4.78 is 0. The zero-order chi connectivity index (χ0) is 21.2. The minimum atomic E-state index is -0.644. The van der Waals surface area contributed by atoms with Gasteiger partial charge in [-0.1, -0.05) is 48.5 Å². The Hall–Kier alpha value is -2.76. The first-order valence-electron chi connectivity index (χ1n) is 11.2. The molecule has 3 aromatic rings. The maximum absolute atomic E-state index is 13.7. The fourth-order valence-corrected chi connectivity index (χ4v) is 5.85. The molecule has 1 aromatic heterocycles. The molecule has 3 fully saturated rings. The number of carbonyl (C=O) groups excluding carboxylic acids is 1. The zero-order valence-corrected chi connectivity index (χ0v) is 17.3. The number of hydrogen-bond donors (Lipinski definition) is 2. The van der Waals surface area contributed by atoms with Gasteiger partial charge in [-0.3, -0.25) is 9.78 Å². The highest BCUT2D eigenvalue weighted by molar-refractivity contribution is 6.06. The minimum absolute atomic E-state index is 0.0165. The molecule has 6 rings (SSSR count). The molecule has 4 atom stereocenters. The second-order valence-electron chi connectivity index (χ2n) is 9.38. The summed E-state index contributed by atoms with van der Waals surface area (Å²) in [6.45, 7) is 0.782. The molecule has 3 aliphatic rings. The molecule has 0 bridgehead atoms. The van der Waals surface area contributed by atoms with Crippen LogP contribution >= 0.6 is 0 Å². The van der Waals surface area contributed by atoms with E-state index in [1.165, 1.54) is 0 Å². The predicted octanol–water partition coefficient (Wildman–Crippen LogP) is 3.32. The van der Waals surface area contributed by atoms with Crippen molar-refractivity contribution in [3.8, 4) is 0 Å². The summed E-state index contributed by atoms with van der Waals surface area (Å²) in [5.74, 6) is 0.449. The number of pyridine rings is 1. The monoisotopic (exact) mass is 414 g/mol. The molecule has 2 aromatic carbocycles. The average Bonchev–Trinajstić information content (AvgIpc) is 3.71. The number of amides is 1. The summed E-state index contributed by atoms with van der Waals surface area (Å²) in [6.07, 6.45) is 1.61. The number of carbonyl (C=O) groups is 1. The third kappa shape index (κ3) is 2.83. The van der Waals surface area contributed by atoms with E-state index in [2.05, 4.69) is 12.1 Å².